The molecule has 7 heteroatoms. The molecular weight excluding hydrogens is 242 g/mol. The van der Waals surface area contributed by atoms with Crippen molar-refractivity contribution in [2.45, 2.75) is 13.3 Å². The van der Waals surface area contributed by atoms with E-state index in [9.17, 15) is 13.2 Å². The standard InChI is InChI=1S/C10H15N3O3S/c1-8-9(7-11-12-8)10(14)13-3-2-5-17(15,16)6-4-13/h7H,2-6H2,1H3,(H,11,12). The molecule has 1 aliphatic rings. The lowest BCUT2D eigenvalue weighted by Gasteiger charge is -2.19. The molecule has 1 aromatic rings. The minimum atomic E-state index is -2.98. The van der Waals surface area contributed by atoms with Gasteiger partial charge in [0.05, 0.1) is 23.3 Å². The molecule has 0 aromatic carbocycles. The van der Waals surface area contributed by atoms with E-state index in [1.165, 1.54) is 6.20 Å². The number of aromatic amines is 1. The molecule has 0 atom stereocenters. The molecule has 0 saturated carbocycles. The molecule has 0 bridgehead atoms. The number of carbonyl (C=O) groups excluding carboxylic acids is 1. The van der Waals surface area contributed by atoms with E-state index in [4.69, 9.17) is 0 Å². The van der Waals surface area contributed by atoms with Gasteiger partial charge < -0.3 is 4.90 Å². The van der Waals surface area contributed by atoms with Gasteiger partial charge in [-0.2, -0.15) is 5.10 Å². The zero-order chi connectivity index (χ0) is 12.5. The van der Waals surface area contributed by atoms with Crippen molar-refractivity contribution >= 4 is 15.7 Å². The minimum Gasteiger partial charge on any atom is -0.337 e. The summed E-state index contributed by atoms with van der Waals surface area (Å²) >= 11 is 0. The van der Waals surface area contributed by atoms with E-state index in [2.05, 4.69) is 10.2 Å². The molecule has 2 rings (SSSR count). The zero-order valence-corrected chi connectivity index (χ0v) is 10.5. The van der Waals surface area contributed by atoms with Crippen LogP contribution < -0.4 is 0 Å². The Balaban J connectivity index is 2.14. The molecular formula is C10H15N3O3S. The first-order valence-electron chi connectivity index (χ1n) is 5.49. The molecule has 1 saturated heterocycles. The second kappa shape index (κ2) is 4.48. The topological polar surface area (TPSA) is 83.1 Å². The fourth-order valence-electron chi connectivity index (χ4n) is 1.88. The van der Waals surface area contributed by atoms with Crippen molar-refractivity contribution in [3.63, 3.8) is 0 Å². The Labute approximate surface area is 99.9 Å². The number of sulfone groups is 1. The number of hydrogen-bond donors (Lipinski definition) is 1. The summed E-state index contributed by atoms with van der Waals surface area (Å²) in [6, 6.07) is 0. The Hall–Kier alpha value is -1.37. The summed E-state index contributed by atoms with van der Waals surface area (Å²) in [6.07, 6.45) is 1.99. The van der Waals surface area contributed by atoms with Gasteiger partial charge in [-0.1, -0.05) is 0 Å². The Bertz CT molecular complexity index is 521. The average Bonchev–Trinajstić information content (AvgIpc) is 2.59. The minimum absolute atomic E-state index is 0.0512. The van der Waals surface area contributed by atoms with Crippen LogP contribution in [0.15, 0.2) is 6.20 Å². The van der Waals surface area contributed by atoms with E-state index in [1.54, 1.807) is 11.8 Å². The van der Waals surface area contributed by atoms with E-state index >= 15 is 0 Å². The number of nitrogens with zero attached hydrogens (tertiary/aromatic N) is 2. The summed E-state index contributed by atoms with van der Waals surface area (Å²) in [4.78, 5) is 13.7. The predicted octanol–water partition coefficient (Wildman–Crippen LogP) is -0.0212. The van der Waals surface area contributed by atoms with E-state index in [0.29, 0.717) is 24.2 Å². The van der Waals surface area contributed by atoms with Gasteiger partial charge in [-0.25, -0.2) is 8.42 Å². The molecule has 0 spiro atoms. The number of H-pyrrole nitrogens is 1. The number of amides is 1. The van der Waals surface area contributed by atoms with Crippen LogP contribution in [-0.4, -0.2) is 54.0 Å². The lowest BCUT2D eigenvalue weighted by atomic mass is 10.2. The van der Waals surface area contributed by atoms with Gasteiger partial charge >= 0.3 is 0 Å². The van der Waals surface area contributed by atoms with Crippen LogP contribution in [0, 0.1) is 6.92 Å². The van der Waals surface area contributed by atoms with Crippen molar-refractivity contribution in [1.82, 2.24) is 15.1 Å². The van der Waals surface area contributed by atoms with Gasteiger partial charge in [0.25, 0.3) is 5.91 Å². The first-order valence-corrected chi connectivity index (χ1v) is 7.31. The first kappa shape index (κ1) is 12.1. The summed E-state index contributed by atoms with van der Waals surface area (Å²) in [7, 11) is -2.98. The SMILES string of the molecule is Cc1[nH]ncc1C(=O)N1CCCS(=O)(=O)CC1. The molecule has 17 heavy (non-hydrogen) atoms. The van der Waals surface area contributed by atoms with Crippen molar-refractivity contribution in [2.75, 3.05) is 24.6 Å². The van der Waals surface area contributed by atoms with Gasteiger partial charge in [0.1, 0.15) is 0 Å². The van der Waals surface area contributed by atoms with Crippen molar-refractivity contribution in [3.05, 3.63) is 17.5 Å². The highest BCUT2D eigenvalue weighted by Crippen LogP contribution is 2.11. The average molecular weight is 257 g/mol. The Kier molecular flexibility index (Phi) is 3.19. The zero-order valence-electron chi connectivity index (χ0n) is 9.64. The summed E-state index contributed by atoms with van der Waals surface area (Å²) in [6.45, 7) is 2.53. The van der Waals surface area contributed by atoms with E-state index in [-0.39, 0.29) is 24.0 Å². The van der Waals surface area contributed by atoms with E-state index in [1.807, 2.05) is 0 Å². The van der Waals surface area contributed by atoms with Crippen molar-refractivity contribution in [1.29, 1.82) is 0 Å². The number of aryl methyl sites for hydroxylation is 1. The quantitative estimate of drug-likeness (QED) is 0.766. The molecule has 1 fully saturated rings. The number of aromatic nitrogens is 2. The number of carbonyl (C=O) groups is 1. The lowest BCUT2D eigenvalue weighted by Crippen LogP contribution is -2.33. The van der Waals surface area contributed by atoms with Gasteiger partial charge in [0.15, 0.2) is 9.84 Å². The number of nitrogens with one attached hydrogen (secondary N) is 1. The first-order chi connectivity index (χ1) is 7.99. The monoisotopic (exact) mass is 257 g/mol. The van der Waals surface area contributed by atoms with Crippen molar-refractivity contribution in [3.8, 4) is 0 Å². The van der Waals surface area contributed by atoms with Gasteiger partial charge in [0.2, 0.25) is 0 Å². The van der Waals surface area contributed by atoms with Gasteiger partial charge in [0, 0.05) is 18.8 Å². The maximum Gasteiger partial charge on any atom is 0.257 e. The highest BCUT2D eigenvalue weighted by atomic mass is 32.2. The molecule has 1 aliphatic heterocycles. The number of hydrogen-bond acceptors (Lipinski definition) is 4. The molecule has 0 radical (unpaired) electrons. The Morgan fingerprint density at radius 3 is 2.82 bits per heavy atom. The van der Waals surface area contributed by atoms with Gasteiger partial charge in [-0.3, -0.25) is 9.89 Å². The highest BCUT2D eigenvalue weighted by molar-refractivity contribution is 7.91. The fourth-order valence-corrected chi connectivity index (χ4v) is 3.15. The van der Waals surface area contributed by atoms with Crippen molar-refractivity contribution < 1.29 is 13.2 Å². The third-order valence-electron chi connectivity index (χ3n) is 2.90. The smallest absolute Gasteiger partial charge is 0.257 e. The molecule has 2 heterocycles. The Morgan fingerprint density at radius 2 is 2.18 bits per heavy atom. The summed E-state index contributed by atoms with van der Waals surface area (Å²) in [5.41, 5.74) is 1.23. The third kappa shape index (κ3) is 2.66. The van der Waals surface area contributed by atoms with Crippen molar-refractivity contribution in [2.24, 2.45) is 0 Å². The molecule has 1 aromatic heterocycles. The van der Waals surface area contributed by atoms with Gasteiger partial charge in [-0.15, -0.1) is 0 Å². The largest absolute Gasteiger partial charge is 0.337 e. The van der Waals surface area contributed by atoms with Crippen LogP contribution in [-0.2, 0) is 9.84 Å². The van der Waals surface area contributed by atoms with Crippen LogP contribution in [0.25, 0.3) is 0 Å². The molecule has 6 nitrogen and oxygen atoms in total. The summed E-state index contributed by atoms with van der Waals surface area (Å²) < 4.78 is 22.9. The predicted molar refractivity (Wildman–Crippen MR) is 62.5 cm³/mol. The van der Waals surface area contributed by atoms with Crippen LogP contribution in [0.4, 0.5) is 0 Å². The number of rotatable bonds is 1. The second-order valence-corrected chi connectivity index (χ2v) is 6.51. The fraction of sp³-hybridized carbons (Fsp3) is 0.600. The maximum atomic E-state index is 12.1. The molecule has 1 amide bonds. The van der Waals surface area contributed by atoms with Crippen LogP contribution >= 0.6 is 0 Å². The third-order valence-corrected chi connectivity index (χ3v) is 4.62. The van der Waals surface area contributed by atoms with E-state index in [0.717, 1.165) is 0 Å². The molecule has 0 aliphatic carbocycles. The molecule has 94 valence electrons. The summed E-state index contributed by atoms with van der Waals surface area (Å²) in [5, 5.41) is 6.50. The van der Waals surface area contributed by atoms with Crippen LogP contribution in [0.5, 0.6) is 0 Å². The van der Waals surface area contributed by atoms with Crippen LogP contribution in [0.2, 0.25) is 0 Å². The molecule has 1 N–H and O–H groups in total. The second-order valence-electron chi connectivity index (χ2n) is 4.21. The normalized spacial score (nSPS) is 19.9. The van der Waals surface area contributed by atoms with Gasteiger partial charge in [-0.05, 0) is 13.3 Å². The molecule has 0 unspecified atom stereocenters. The maximum absolute atomic E-state index is 12.1. The summed E-state index contributed by atoms with van der Waals surface area (Å²) in [5.74, 6) is 0.0740. The Morgan fingerprint density at radius 1 is 1.41 bits per heavy atom. The van der Waals surface area contributed by atoms with E-state index < -0.39 is 9.84 Å². The lowest BCUT2D eigenvalue weighted by molar-refractivity contribution is 0.0768. The van der Waals surface area contributed by atoms with Crippen LogP contribution in [0.3, 0.4) is 0 Å². The van der Waals surface area contributed by atoms with Crippen LogP contribution in [0.1, 0.15) is 22.5 Å². The highest BCUT2D eigenvalue weighted by Gasteiger charge is 2.24.